The maximum absolute atomic E-state index is 9.91. The number of benzene rings is 2. The summed E-state index contributed by atoms with van der Waals surface area (Å²) < 4.78 is 0. The van der Waals surface area contributed by atoms with E-state index in [-0.39, 0.29) is 5.41 Å². The first-order chi connectivity index (χ1) is 8.62. The van der Waals surface area contributed by atoms with E-state index in [2.05, 4.69) is 39.1 Å². The predicted octanol–water partition coefficient (Wildman–Crippen LogP) is 4.52. The maximum atomic E-state index is 9.91. The van der Waals surface area contributed by atoms with Crippen LogP contribution in [0.15, 0.2) is 67.8 Å². The molecule has 0 atom stereocenters. The van der Waals surface area contributed by atoms with Crippen molar-refractivity contribution in [3.63, 3.8) is 0 Å². The molecule has 18 heavy (non-hydrogen) atoms. The van der Waals surface area contributed by atoms with Crippen LogP contribution in [0.4, 0.5) is 0 Å². The van der Waals surface area contributed by atoms with E-state index in [1.54, 1.807) is 6.07 Å². The molecule has 2 aromatic rings. The van der Waals surface area contributed by atoms with Crippen molar-refractivity contribution in [1.82, 2.24) is 0 Å². The molecule has 2 rings (SSSR count). The Hall–Kier alpha value is -2.02. The Morgan fingerprint density at radius 3 is 1.89 bits per heavy atom. The van der Waals surface area contributed by atoms with Crippen LogP contribution in [0.25, 0.3) is 0 Å². The van der Waals surface area contributed by atoms with E-state index in [1.807, 2.05) is 36.4 Å². The molecule has 0 amide bonds. The minimum atomic E-state index is -0.174. The molecule has 0 fully saturated rings. The summed E-state index contributed by atoms with van der Waals surface area (Å²) >= 11 is 0. The molecule has 0 saturated carbocycles. The van der Waals surface area contributed by atoms with E-state index >= 15 is 0 Å². The van der Waals surface area contributed by atoms with Gasteiger partial charge in [-0.25, -0.2) is 0 Å². The molecule has 0 heterocycles. The van der Waals surface area contributed by atoms with Gasteiger partial charge in [0, 0.05) is 11.0 Å². The van der Waals surface area contributed by atoms with E-state index in [0.717, 1.165) is 5.56 Å². The number of phenolic OH excluding ortho intramolecular Hbond substituents is 1. The molecule has 0 aliphatic rings. The molecule has 94 valence electrons. The van der Waals surface area contributed by atoms with Gasteiger partial charge in [-0.15, -0.1) is 13.2 Å². The lowest BCUT2D eigenvalue weighted by molar-refractivity contribution is 0.453. The second kappa shape index (κ2) is 6.06. The van der Waals surface area contributed by atoms with Crippen LogP contribution >= 0.6 is 0 Å². The Morgan fingerprint density at radius 1 is 0.833 bits per heavy atom. The van der Waals surface area contributed by atoms with Crippen LogP contribution in [0.2, 0.25) is 0 Å². The lowest BCUT2D eigenvalue weighted by Gasteiger charge is -2.26. The topological polar surface area (TPSA) is 20.2 Å². The Morgan fingerprint density at radius 2 is 1.33 bits per heavy atom. The maximum Gasteiger partial charge on any atom is 0.119 e. The summed E-state index contributed by atoms with van der Waals surface area (Å²) in [6.45, 7) is 10.2. The van der Waals surface area contributed by atoms with Gasteiger partial charge < -0.3 is 5.11 Å². The van der Waals surface area contributed by atoms with Crippen molar-refractivity contribution < 1.29 is 5.11 Å². The lowest BCUT2D eigenvalue weighted by Crippen LogP contribution is -2.18. The van der Waals surface area contributed by atoms with Gasteiger partial charge in [0.05, 0.1) is 0 Å². The average Bonchev–Trinajstić information content (AvgIpc) is 2.42. The highest BCUT2D eigenvalue weighted by Gasteiger charge is 2.25. The molecule has 1 nitrogen and oxygen atoms in total. The van der Waals surface area contributed by atoms with Gasteiger partial charge in [0.25, 0.3) is 0 Å². The molecule has 0 bridgehead atoms. The summed E-state index contributed by atoms with van der Waals surface area (Å²) in [6, 6.07) is 17.7. The Kier molecular flexibility index (Phi) is 4.73. The highest BCUT2D eigenvalue weighted by molar-refractivity contribution is 5.44. The van der Waals surface area contributed by atoms with Crippen LogP contribution in [-0.4, -0.2) is 5.11 Å². The Bertz CT molecular complexity index is 486. The fourth-order valence-corrected chi connectivity index (χ4v) is 2.01. The van der Waals surface area contributed by atoms with Crippen LogP contribution in [-0.2, 0) is 5.41 Å². The van der Waals surface area contributed by atoms with Gasteiger partial charge in [0.2, 0.25) is 0 Å². The van der Waals surface area contributed by atoms with Gasteiger partial charge in [-0.05, 0) is 11.6 Å². The Labute approximate surface area is 109 Å². The quantitative estimate of drug-likeness (QED) is 0.765. The summed E-state index contributed by atoms with van der Waals surface area (Å²) in [5.41, 5.74) is 1.99. The molecule has 1 heteroatoms. The predicted molar refractivity (Wildman–Crippen MR) is 77.9 cm³/mol. The minimum absolute atomic E-state index is 0.174. The van der Waals surface area contributed by atoms with E-state index in [0.29, 0.717) is 5.75 Å². The van der Waals surface area contributed by atoms with Gasteiger partial charge in [0.15, 0.2) is 0 Å². The van der Waals surface area contributed by atoms with E-state index in [9.17, 15) is 5.11 Å². The smallest absolute Gasteiger partial charge is 0.119 e. The first-order valence-corrected chi connectivity index (χ1v) is 5.96. The first-order valence-electron chi connectivity index (χ1n) is 5.96. The molecule has 0 aromatic heterocycles. The van der Waals surface area contributed by atoms with Crippen molar-refractivity contribution in [3.8, 4) is 5.75 Å². The molecular weight excluding hydrogens is 220 g/mol. The van der Waals surface area contributed by atoms with Crippen LogP contribution < -0.4 is 0 Å². The SMILES string of the molecule is C=C.CC(C)(c1ccccc1)c1ccccc1O. The molecule has 0 aliphatic carbocycles. The standard InChI is InChI=1S/C15H16O.C2H4/c1-15(2,12-8-4-3-5-9-12)13-10-6-7-11-14(13)16;1-2/h3-11,16H,1-2H3;1-2H2. The van der Waals surface area contributed by atoms with E-state index in [1.165, 1.54) is 5.56 Å². The number of hydrogen-bond acceptors (Lipinski definition) is 1. The zero-order valence-corrected chi connectivity index (χ0v) is 11.1. The van der Waals surface area contributed by atoms with Crippen molar-refractivity contribution >= 4 is 0 Å². The molecule has 0 aliphatic heterocycles. The number of rotatable bonds is 2. The second-order valence-electron chi connectivity index (χ2n) is 4.51. The van der Waals surface area contributed by atoms with Crippen molar-refractivity contribution in [3.05, 3.63) is 78.9 Å². The highest BCUT2D eigenvalue weighted by atomic mass is 16.3. The van der Waals surface area contributed by atoms with Gasteiger partial charge in [-0.1, -0.05) is 62.4 Å². The summed E-state index contributed by atoms with van der Waals surface area (Å²) in [6.07, 6.45) is 0. The van der Waals surface area contributed by atoms with Gasteiger partial charge in [-0.2, -0.15) is 0 Å². The third kappa shape index (κ3) is 2.80. The van der Waals surface area contributed by atoms with Crippen molar-refractivity contribution in [2.24, 2.45) is 0 Å². The first kappa shape index (κ1) is 14.0. The number of para-hydroxylation sites is 1. The average molecular weight is 240 g/mol. The van der Waals surface area contributed by atoms with Crippen molar-refractivity contribution in [1.29, 1.82) is 0 Å². The van der Waals surface area contributed by atoms with Gasteiger partial charge >= 0.3 is 0 Å². The number of aromatic hydroxyl groups is 1. The molecule has 0 radical (unpaired) electrons. The number of phenols is 1. The minimum Gasteiger partial charge on any atom is -0.508 e. The molecule has 0 spiro atoms. The molecule has 0 unspecified atom stereocenters. The van der Waals surface area contributed by atoms with Crippen LogP contribution in [0.5, 0.6) is 5.75 Å². The van der Waals surface area contributed by atoms with Gasteiger partial charge in [0.1, 0.15) is 5.75 Å². The largest absolute Gasteiger partial charge is 0.508 e. The normalized spacial score (nSPS) is 10.3. The van der Waals surface area contributed by atoms with Crippen LogP contribution in [0.1, 0.15) is 25.0 Å². The van der Waals surface area contributed by atoms with Crippen molar-refractivity contribution in [2.75, 3.05) is 0 Å². The van der Waals surface area contributed by atoms with E-state index in [4.69, 9.17) is 0 Å². The summed E-state index contributed by atoms with van der Waals surface area (Å²) in [7, 11) is 0. The molecule has 1 N–H and O–H groups in total. The summed E-state index contributed by atoms with van der Waals surface area (Å²) in [5.74, 6) is 0.358. The summed E-state index contributed by atoms with van der Waals surface area (Å²) in [4.78, 5) is 0. The van der Waals surface area contributed by atoms with E-state index < -0.39 is 0 Å². The zero-order chi connectivity index (χ0) is 13.6. The third-order valence-corrected chi connectivity index (χ3v) is 3.07. The summed E-state index contributed by atoms with van der Waals surface area (Å²) in [5, 5.41) is 9.91. The molecule has 0 saturated heterocycles. The van der Waals surface area contributed by atoms with Crippen LogP contribution in [0.3, 0.4) is 0 Å². The molecular formula is C17H20O. The second-order valence-corrected chi connectivity index (χ2v) is 4.51. The molecule has 2 aromatic carbocycles. The fraction of sp³-hybridized carbons (Fsp3) is 0.176. The monoisotopic (exact) mass is 240 g/mol. The number of hydrogen-bond donors (Lipinski definition) is 1. The van der Waals surface area contributed by atoms with Crippen molar-refractivity contribution in [2.45, 2.75) is 19.3 Å². The third-order valence-electron chi connectivity index (χ3n) is 3.07. The lowest BCUT2D eigenvalue weighted by atomic mass is 9.78. The van der Waals surface area contributed by atoms with Gasteiger partial charge in [-0.3, -0.25) is 0 Å². The fourth-order valence-electron chi connectivity index (χ4n) is 2.01. The zero-order valence-electron chi connectivity index (χ0n) is 11.1. The highest BCUT2D eigenvalue weighted by Crippen LogP contribution is 2.36. The Balaban J connectivity index is 0.000000771. The van der Waals surface area contributed by atoms with Crippen LogP contribution in [0, 0.1) is 0 Å².